The van der Waals surface area contributed by atoms with Gasteiger partial charge in [0.2, 0.25) is 0 Å². The maximum atomic E-state index is 12.9. The molecule has 3 nitrogen and oxygen atoms in total. The highest BCUT2D eigenvalue weighted by molar-refractivity contribution is 6.08. The Balaban J connectivity index is 1.62. The third-order valence-electron chi connectivity index (χ3n) is 5.53. The SMILES string of the molecule is Cc1cccc2c(OC(=O)Oc3cccc4ccccc34)c3c(C)cccc3cc12. The van der Waals surface area contributed by atoms with Crippen LogP contribution in [0.4, 0.5) is 4.79 Å². The van der Waals surface area contributed by atoms with E-state index in [1.54, 1.807) is 6.07 Å². The normalized spacial score (nSPS) is 11.1. The maximum Gasteiger partial charge on any atom is 0.519 e. The van der Waals surface area contributed by atoms with Crippen molar-refractivity contribution in [1.29, 1.82) is 0 Å². The Morgan fingerprint density at radius 1 is 0.633 bits per heavy atom. The fourth-order valence-corrected chi connectivity index (χ4v) is 4.07. The highest BCUT2D eigenvalue weighted by Crippen LogP contribution is 2.38. The third kappa shape index (κ3) is 3.05. The van der Waals surface area contributed by atoms with Crippen molar-refractivity contribution >= 4 is 38.5 Å². The Morgan fingerprint density at radius 2 is 1.30 bits per heavy atom. The number of fused-ring (bicyclic) bond motifs is 3. The van der Waals surface area contributed by atoms with Crippen molar-refractivity contribution in [3.8, 4) is 11.5 Å². The zero-order valence-corrected chi connectivity index (χ0v) is 16.8. The number of hydrogen-bond acceptors (Lipinski definition) is 3. The number of rotatable bonds is 2. The molecule has 5 rings (SSSR count). The number of aryl methyl sites for hydroxylation is 2. The smallest absolute Gasteiger partial charge is 0.394 e. The molecule has 5 aromatic carbocycles. The van der Waals surface area contributed by atoms with Crippen molar-refractivity contribution in [3.63, 3.8) is 0 Å². The van der Waals surface area contributed by atoms with Crippen LogP contribution in [0, 0.1) is 13.8 Å². The van der Waals surface area contributed by atoms with Crippen molar-refractivity contribution < 1.29 is 14.3 Å². The predicted octanol–water partition coefficient (Wildman–Crippen LogP) is 7.34. The van der Waals surface area contributed by atoms with Crippen molar-refractivity contribution in [2.75, 3.05) is 0 Å². The molecule has 0 aromatic heterocycles. The molecule has 0 saturated heterocycles. The fourth-order valence-electron chi connectivity index (χ4n) is 4.07. The van der Waals surface area contributed by atoms with Gasteiger partial charge in [0.1, 0.15) is 11.5 Å². The predicted molar refractivity (Wildman–Crippen MR) is 122 cm³/mol. The highest BCUT2D eigenvalue weighted by Gasteiger charge is 2.17. The molecule has 0 N–H and O–H groups in total. The Morgan fingerprint density at radius 3 is 2.20 bits per heavy atom. The van der Waals surface area contributed by atoms with Crippen LogP contribution in [0.5, 0.6) is 11.5 Å². The van der Waals surface area contributed by atoms with E-state index in [4.69, 9.17) is 9.47 Å². The summed E-state index contributed by atoms with van der Waals surface area (Å²) in [5.74, 6) is 1.02. The van der Waals surface area contributed by atoms with E-state index in [0.717, 1.165) is 43.4 Å². The molecule has 3 heteroatoms. The topological polar surface area (TPSA) is 35.5 Å². The molecule has 146 valence electrons. The van der Waals surface area contributed by atoms with Gasteiger partial charge in [-0.15, -0.1) is 0 Å². The van der Waals surface area contributed by atoms with Gasteiger partial charge in [0.25, 0.3) is 0 Å². The lowest BCUT2D eigenvalue weighted by Crippen LogP contribution is -2.14. The van der Waals surface area contributed by atoms with Crippen LogP contribution in [0.25, 0.3) is 32.3 Å². The summed E-state index contributed by atoms with van der Waals surface area (Å²) in [6, 6.07) is 27.7. The maximum absolute atomic E-state index is 12.9. The van der Waals surface area contributed by atoms with Crippen LogP contribution >= 0.6 is 0 Å². The van der Waals surface area contributed by atoms with E-state index in [9.17, 15) is 4.79 Å². The van der Waals surface area contributed by atoms with Crippen LogP contribution in [0.15, 0.2) is 84.9 Å². The van der Waals surface area contributed by atoms with E-state index in [1.807, 2.05) is 73.7 Å². The molecule has 0 heterocycles. The van der Waals surface area contributed by atoms with E-state index < -0.39 is 6.16 Å². The molecular weight excluding hydrogens is 372 g/mol. The molecule has 30 heavy (non-hydrogen) atoms. The monoisotopic (exact) mass is 392 g/mol. The van der Waals surface area contributed by atoms with Crippen LogP contribution < -0.4 is 9.47 Å². The lowest BCUT2D eigenvalue weighted by molar-refractivity contribution is 0.153. The lowest BCUT2D eigenvalue weighted by Gasteiger charge is -2.15. The Bertz CT molecular complexity index is 1430. The van der Waals surface area contributed by atoms with Gasteiger partial charge >= 0.3 is 6.16 Å². The third-order valence-corrected chi connectivity index (χ3v) is 5.53. The van der Waals surface area contributed by atoms with Gasteiger partial charge in [-0.2, -0.15) is 0 Å². The molecule has 0 bridgehead atoms. The van der Waals surface area contributed by atoms with Gasteiger partial charge in [0, 0.05) is 16.2 Å². The Labute approximate surface area is 174 Å². The van der Waals surface area contributed by atoms with E-state index in [0.29, 0.717) is 11.5 Å². The molecule has 0 aliphatic carbocycles. The molecule has 5 aromatic rings. The summed E-state index contributed by atoms with van der Waals surface area (Å²) in [4.78, 5) is 12.9. The average Bonchev–Trinajstić information content (AvgIpc) is 2.75. The molecule has 0 spiro atoms. The molecule has 0 fully saturated rings. The first-order chi connectivity index (χ1) is 14.6. The summed E-state index contributed by atoms with van der Waals surface area (Å²) in [7, 11) is 0. The molecule has 0 aliphatic heterocycles. The van der Waals surface area contributed by atoms with Crippen LogP contribution in [0.3, 0.4) is 0 Å². The number of benzene rings is 5. The molecule has 0 saturated carbocycles. The minimum absolute atomic E-state index is 0.482. The fraction of sp³-hybridized carbons (Fsp3) is 0.0741. The Kier molecular flexibility index (Phi) is 4.36. The van der Waals surface area contributed by atoms with Crippen LogP contribution in [-0.2, 0) is 0 Å². The number of ether oxygens (including phenoxy) is 2. The van der Waals surface area contributed by atoms with Gasteiger partial charge in [-0.25, -0.2) is 4.79 Å². The molecular formula is C27H20O3. The van der Waals surface area contributed by atoms with E-state index in [1.165, 1.54) is 0 Å². The first-order valence-corrected chi connectivity index (χ1v) is 9.91. The van der Waals surface area contributed by atoms with E-state index in [-0.39, 0.29) is 0 Å². The summed E-state index contributed by atoms with van der Waals surface area (Å²) in [5, 5.41) is 5.78. The molecule has 0 amide bonds. The van der Waals surface area contributed by atoms with Crippen LogP contribution in [-0.4, -0.2) is 6.16 Å². The lowest BCUT2D eigenvalue weighted by atomic mass is 9.96. The molecule has 0 atom stereocenters. The number of carbonyl (C=O) groups excluding carboxylic acids is 1. The standard InChI is InChI=1S/C27H20O3/c1-17-8-6-14-22-23(17)16-20-12-5-9-18(2)25(20)26(22)30-27(28)29-24-15-7-11-19-10-3-4-13-21(19)24/h3-16H,1-2H3. The van der Waals surface area contributed by atoms with Crippen molar-refractivity contribution in [2.45, 2.75) is 13.8 Å². The van der Waals surface area contributed by atoms with Crippen LogP contribution in [0.2, 0.25) is 0 Å². The first-order valence-electron chi connectivity index (χ1n) is 9.91. The second-order valence-electron chi connectivity index (χ2n) is 7.48. The first kappa shape index (κ1) is 18.2. The van der Waals surface area contributed by atoms with Crippen molar-refractivity contribution in [1.82, 2.24) is 0 Å². The second kappa shape index (κ2) is 7.20. The highest BCUT2D eigenvalue weighted by atomic mass is 16.7. The van der Waals surface area contributed by atoms with E-state index >= 15 is 0 Å². The van der Waals surface area contributed by atoms with Gasteiger partial charge in [0.15, 0.2) is 0 Å². The minimum atomic E-state index is -0.745. The zero-order valence-electron chi connectivity index (χ0n) is 16.8. The van der Waals surface area contributed by atoms with Gasteiger partial charge in [-0.05, 0) is 53.3 Å². The summed E-state index contributed by atoms with van der Waals surface area (Å²) in [6.45, 7) is 4.08. The number of carbonyl (C=O) groups is 1. The molecule has 0 radical (unpaired) electrons. The van der Waals surface area contributed by atoms with E-state index in [2.05, 4.69) is 19.1 Å². The average molecular weight is 392 g/mol. The van der Waals surface area contributed by atoms with Gasteiger partial charge in [-0.1, -0.05) is 72.8 Å². The second-order valence-corrected chi connectivity index (χ2v) is 7.48. The van der Waals surface area contributed by atoms with Gasteiger partial charge < -0.3 is 9.47 Å². The molecule has 0 aliphatic rings. The van der Waals surface area contributed by atoms with Crippen LogP contribution in [0.1, 0.15) is 11.1 Å². The number of hydrogen-bond donors (Lipinski definition) is 0. The zero-order chi connectivity index (χ0) is 20.7. The summed E-state index contributed by atoms with van der Waals surface area (Å²) < 4.78 is 11.5. The van der Waals surface area contributed by atoms with Gasteiger partial charge in [-0.3, -0.25) is 0 Å². The minimum Gasteiger partial charge on any atom is -0.394 e. The summed E-state index contributed by atoms with van der Waals surface area (Å²) in [6.07, 6.45) is -0.745. The Hall–Kier alpha value is -3.85. The summed E-state index contributed by atoms with van der Waals surface area (Å²) >= 11 is 0. The van der Waals surface area contributed by atoms with Crippen molar-refractivity contribution in [3.05, 3.63) is 96.1 Å². The van der Waals surface area contributed by atoms with Gasteiger partial charge in [0.05, 0.1) is 0 Å². The summed E-state index contributed by atoms with van der Waals surface area (Å²) in [5.41, 5.74) is 2.17. The quantitative estimate of drug-likeness (QED) is 0.179. The molecule has 0 unspecified atom stereocenters. The van der Waals surface area contributed by atoms with Crippen molar-refractivity contribution in [2.24, 2.45) is 0 Å². The largest absolute Gasteiger partial charge is 0.519 e.